The predicted molar refractivity (Wildman–Crippen MR) is 31.0 cm³/mol. The van der Waals surface area contributed by atoms with Crippen LogP contribution in [0.3, 0.4) is 0 Å². The molecule has 0 aromatic heterocycles. The molecule has 2 heteroatoms. The van der Waals surface area contributed by atoms with Crippen LogP contribution in [0, 0.1) is 11.3 Å². The summed E-state index contributed by atoms with van der Waals surface area (Å²) < 4.78 is 0. The molecule has 0 saturated heterocycles. The van der Waals surface area contributed by atoms with Gasteiger partial charge in [0.1, 0.15) is 6.29 Å². The lowest BCUT2D eigenvalue weighted by molar-refractivity contribution is -0.108. The number of hydrogen-bond acceptors (Lipinski definition) is 2. The zero-order valence-corrected chi connectivity index (χ0v) is 4.42. The van der Waals surface area contributed by atoms with Crippen molar-refractivity contribution >= 4 is 12.0 Å². The van der Waals surface area contributed by atoms with Gasteiger partial charge in [0, 0.05) is 12.1 Å². The van der Waals surface area contributed by atoms with Crippen molar-refractivity contribution in [1.29, 1.82) is 5.41 Å². The number of carbonyl (C=O) groups is 1. The van der Waals surface area contributed by atoms with Crippen LogP contribution in [0.4, 0.5) is 0 Å². The third-order valence-electron chi connectivity index (χ3n) is 1.23. The molecule has 1 rings (SSSR count). The molecule has 1 atom stereocenters. The fourth-order valence-corrected chi connectivity index (χ4v) is 0.721. The molecule has 1 aliphatic carbocycles. The van der Waals surface area contributed by atoms with E-state index in [4.69, 9.17) is 5.41 Å². The Kier molecular flexibility index (Phi) is 1.24. The number of rotatable bonds is 1. The summed E-state index contributed by atoms with van der Waals surface area (Å²) in [6.45, 7) is 0. The summed E-state index contributed by atoms with van der Waals surface area (Å²) in [5.74, 6) is -0.213. The van der Waals surface area contributed by atoms with Crippen molar-refractivity contribution in [3.8, 4) is 0 Å². The summed E-state index contributed by atoms with van der Waals surface area (Å²) in [5.41, 5.74) is 0.514. The minimum absolute atomic E-state index is 0.213. The van der Waals surface area contributed by atoms with Gasteiger partial charge < -0.3 is 10.2 Å². The van der Waals surface area contributed by atoms with Gasteiger partial charge in [-0.3, -0.25) is 0 Å². The average Bonchev–Trinajstić information content (AvgIpc) is 2.14. The average molecular weight is 109 g/mol. The van der Waals surface area contributed by atoms with Gasteiger partial charge in [-0.25, -0.2) is 0 Å². The number of allylic oxidation sites excluding steroid dienone is 2. The first kappa shape index (κ1) is 5.22. The van der Waals surface area contributed by atoms with Gasteiger partial charge in [0.05, 0.1) is 5.92 Å². The Balaban J connectivity index is 2.66. The Bertz CT molecular complexity index is 149. The first-order chi connectivity index (χ1) is 3.84. The topological polar surface area (TPSA) is 40.9 Å². The van der Waals surface area contributed by atoms with Gasteiger partial charge in [-0.1, -0.05) is 12.2 Å². The SMILES string of the molecule is N=C1CC=CC1C=O. The molecule has 0 spiro atoms. The van der Waals surface area contributed by atoms with Crippen molar-refractivity contribution in [1.82, 2.24) is 0 Å². The summed E-state index contributed by atoms with van der Waals surface area (Å²) in [7, 11) is 0. The van der Waals surface area contributed by atoms with Gasteiger partial charge >= 0.3 is 0 Å². The van der Waals surface area contributed by atoms with Crippen LogP contribution >= 0.6 is 0 Å². The molecule has 0 amide bonds. The lowest BCUT2D eigenvalue weighted by Crippen LogP contribution is -2.05. The Morgan fingerprint density at radius 3 is 2.88 bits per heavy atom. The number of carbonyl (C=O) groups excluding carboxylic acids is 1. The van der Waals surface area contributed by atoms with E-state index in [1.54, 1.807) is 6.08 Å². The van der Waals surface area contributed by atoms with Crippen LogP contribution in [0.1, 0.15) is 6.42 Å². The van der Waals surface area contributed by atoms with Crippen molar-refractivity contribution in [2.75, 3.05) is 0 Å². The number of nitrogens with one attached hydrogen (secondary N) is 1. The maximum atomic E-state index is 10.0. The number of aldehydes is 1. The minimum Gasteiger partial charge on any atom is -0.308 e. The molecular formula is C6H7NO. The van der Waals surface area contributed by atoms with E-state index in [1.165, 1.54) is 0 Å². The highest BCUT2D eigenvalue weighted by Gasteiger charge is 2.12. The van der Waals surface area contributed by atoms with Gasteiger partial charge in [0.25, 0.3) is 0 Å². The van der Waals surface area contributed by atoms with E-state index in [2.05, 4.69) is 0 Å². The van der Waals surface area contributed by atoms with Crippen molar-refractivity contribution < 1.29 is 4.79 Å². The van der Waals surface area contributed by atoms with Crippen LogP contribution in [0.5, 0.6) is 0 Å². The van der Waals surface area contributed by atoms with E-state index >= 15 is 0 Å². The monoisotopic (exact) mass is 109 g/mol. The first-order valence-electron chi connectivity index (χ1n) is 2.54. The van der Waals surface area contributed by atoms with Crippen LogP contribution in [0.25, 0.3) is 0 Å². The van der Waals surface area contributed by atoms with Crippen LogP contribution in [-0.4, -0.2) is 12.0 Å². The van der Waals surface area contributed by atoms with E-state index < -0.39 is 0 Å². The molecule has 0 aromatic rings. The van der Waals surface area contributed by atoms with Crippen molar-refractivity contribution in [3.63, 3.8) is 0 Å². The van der Waals surface area contributed by atoms with Crippen LogP contribution in [0.15, 0.2) is 12.2 Å². The molecule has 0 radical (unpaired) electrons. The largest absolute Gasteiger partial charge is 0.308 e. The number of hydrogen-bond donors (Lipinski definition) is 1. The van der Waals surface area contributed by atoms with E-state index in [-0.39, 0.29) is 5.92 Å². The molecule has 0 saturated carbocycles. The van der Waals surface area contributed by atoms with Crippen LogP contribution < -0.4 is 0 Å². The van der Waals surface area contributed by atoms with Gasteiger partial charge in [-0.05, 0) is 0 Å². The highest BCUT2D eigenvalue weighted by Crippen LogP contribution is 2.09. The summed E-state index contributed by atoms with van der Waals surface area (Å²) in [5, 5.41) is 7.11. The Morgan fingerprint density at radius 2 is 2.62 bits per heavy atom. The van der Waals surface area contributed by atoms with Gasteiger partial charge in [-0.15, -0.1) is 0 Å². The first-order valence-corrected chi connectivity index (χ1v) is 2.54. The highest BCUT2D eigenvalue weighted by atomic mass is 16.1. The molecule has 0 aromatic carbocycles. The highest BCUT2D eigenvalue weighted by molar-refractivity contribution is 6.00. The van der Waals surface area contributed by atoms with E-state index in [9.17, 15) is 4.79 Å². The van der Waals surface area contributed by atoms with E-state index in [0.29, 0.717) is 12.1 Å². The summed E-state index contributed by atoms with van der Waals surface area (Å²) >= 11 is 0. The molecule has 1 N–H and O–H groups in total. The van der Waals surface area contributed by atoms with Gasteiger partial charge in [0.2, 0.25) is 0 Å². The third kappa shape index (κ3) is 0.689. The zero-order chi connectivity index (χ0) is 5.98. The van der Waals surface area contributed by atoms with Crippen LogP contribution in [-0.2, 0) is 4.79 Å². The second kappa shape index (κ2) is 1.90. The molecular weight excluding hydrogens is 102 g/mol. The Labute approximate surface area is 47.7 Å². The van der Waals surface area contributed by atoms with E-state index in [1.807, 2.05) is 6.08 Å². The lowest BCUT2D eigenvalue weighted by Gasteiger charge is -1.93. The van der Waals surface area contributed by atoms with E-state index in [0.717, 1.165) is 6.29 Å². The minimum atomic E-state index is -0.213. The van der Waals surface area contributed by atoms with Gasteiger partial charge in [-0.2, -0.15) is 0 Å². The maximum Gasteiger partial charge on any atom is 0.132 e. The molecule has 0 fully saturated rings. The molecule has 42 valence electrons. The fraction of sp³-hybridized carbons (Fsp3) is 0.333. The molecule has 8 heavy (non-hydrogen) atoms. The molecule has 0 heterocycles. The standard InChI is InChI=1S/C6H7NO/c7-6-3-1-2-5(6)4-8/h1-2,4-5,7H,3H2. The smallest absolute Gasteiger partial charge is 0.132 e. The Hall–Kier alpha value is -0.920. The maximum absolute atomic E-state index is 10.0. The van der Waals surface area contributed by atoms with Crippen LogP contribution in [0.2, 0.25) is 0 Å². The van der Waals surface area contributed by atoms with Crippen molar-refractivity contribution in [2.24, 2.45) is 5.92 Å². The summed E-state index contributed by atoms with van der Waals surface area (Å²) in [4.78, 5) is 10.0. The molecule has 1 aliphatic rings. The molecule has 0 aliphatic heterocycles. The fourth-order valence-electron chi connectivity index (χ4n) is 0.721. The molecule has 0 bridgehead atoms. The molecule has 1 unspecified atom stereocenters. The van der Waals surface area contributed by atoms with Gasteiger partial charge in [0.15, 0.2) is 0 Å². The van der Waals surface area contributed by atoms with Crippen molar-refractivity contribution in [3.05, 3.63) is 12.2 Å². The molecule has 2 nitrogen and oxygen atoms in total. The second-order valence-corrected chi connectivity index (χ2v) is 1.82. The second-order valence-electron chi connectivity index (χ2n) is 1.82. The van der Waals surface area contributed by atoms with Crippen molar-refractivity contribution in [2.45, 2.75) is 6.42 Å². The summed E-state index contributed by atoms with van der Waals surface area (Å²) in [6.07, 6.45) is 5.06. The summed E-state index contributed by atoms with van der Waals surface area (Å²) in [6, 6.07) is 0. The zero-order valence-electron chi connectivity index (χ0n) is 4.42. The Morgan fingerprint density at radius 1 is 1.88 bits per heavy atom. The predicted octanol–water partition coefficient (Wildman–Crippen LogP) is 0.781. The lowest BCUT2D eigenvalue weighted by atomic mass is 10.1. The normalized spacial score (nSPS) is 26.5. The third-order valence-corrected chi connectivity index (χ3v) is 1.23. The quantitative estimate of drug-likeness (QED) is 0.392.